The molecule has 2 rings (SSSR count). The fraction of sp³-hybridized carbons (Fsp3) is 0.500. The normalized spacial score (nSPS) is 25.4. The maximum atomic E-state index is 13.7. The van der Waals surface area contributed by atoms with Crippen molar-refractivity contribution in [1.29, 1.82) is 0 Å². The lowest BCUT2D eigenvalue weighted by atomic mass is 9.99. The Bertz CT molecular complexity index is 425. The summed E-state index contributed by atoms with van der Waals surface area (Å²) in [6.07, 6.45) is 0.716. The van der Waals surface area contributed by atoms with Crippen molar-refractivity contribution in [2.75, 3.05) is 20.1 Å². The Morgan fingerprint density at radius 2 is 2.12 bits per heavy atom. The van der Waals surface area contributed by atoms with Crippen LogP contribution in [0.5, 0.6) is 5.75 Å². The van der Waals surface area contributed by atoms with E-state index < -0.39 is 17.4 Å². The Balaban J connectivity index is 2.32. The number of phenols is 1. The second kappa shape index (κ2) is 4.58. The van der Waals surface area contributed by atoms with E-state index >= 15 is 0 Å². The van der Waals surface area contributed by atoms with Gasteiger partial charge in [-0.25, -0.2) is 4.39 Å². The van der Waals surface area contributed by atoms with Crippen LogP contribution in [-0.4, -0.2) is 30.1 Å². The summed E-state index contributed by atoms with van der Waals surface area (Å²) in [4.78, 5) is 1.96. The first-order valence-corrected chi connectivity index (χ1v) is 5.61. The fourth-order valence-corrected chi connectivity index (χ4v) is 2.45. The van der Waals surface area contributed by atoms with E-state index in [-0.39, 0.29) is 6.04 Å². The van der Waals surface area contributed by atoms with Crippen molar-refractivity contribution in [2.45, 2.75) is 12.5 Å². The van der Waals surface area contributed by atoms with Gasteiger partial charge in [-0.15, -0.1) is 0 Å². The maximum Gasteiger partial charge on any atom is 0.200 e. The Labute approximate surface area is 98.8 Å². The summed E-state index contributed by atoms with van der Waals surface area (Å²) in [5.41, 5.74) is 5.88. The van der Waals surface area contributed by atoms with Crippen LogP contribution < -0.4 is 5.73 Å². The Morgan fingerprint density at radius 3 is 2.71 bits per heavy atom. The molecule has 0 saturated carbocycles. The highest BCUT2D eigenvalue weighted by atomic mass is 19.2. The molecule has 94 valence electrons. The summed E-state index contributed by atoms with van der Waals surface area (Å²) in [5, 5.41) is 9.08. The molecule has 0 radical (unpaired) electrons. The molecule has 1 fully saturated rings. The van der Waals surface area contributed by atoms with Crippen LogP contribution in [0.2, 0.25) is 0 Å². The number of halogens is 2. The van der Waals surface area contributed by atoms with E-state index in [9.17, 15) is 8.78 Å². The largest absolute Gasteiger partial charge is 0.505 e. The van der Waals surface area contributed by atoms with E-state index in [1.807, 2.05) is 11.9 Å². The predicted molar refractivity (Wildman–Crippen MR) is 60.6 cm³/mol. The third kappa shape index (κ3) is 2.12. The number of likely N-dealkylation sites (tertiary alicyclic amines) is 1. The van der Waals surface area contributed by atoms with Crippen LogP contribution in [-0.2, 0) is 0 Å². The average Bonchev–Trinajstić information content (AvgIpc) is 2.68. The first kappa shape index (κ1) is 12.3. The van der Waals surface area contributed by atoms with Crippen LogP contribution in [0, 0.1) is 17.6 Å². The summed E-state index contributed by atoms with van der Waals surface area (Å²) in [6.45, 7) is 1.33. The number of benzene rings is 1. The zero-order valence-corrected chi connectivity index (χ0v) is 9.66. The van der Waals surface area contributed by atoms with Crippen LogP contribution in [0.25, 0.3) is 0 Å². The number of phenolic OH excluding ortho intramolecular Hbond substituents is 1. The zero-order chi connectivity index (χ0) is 12.6. The zero-order valence-electron chi connectivity index (χ0n) is 9.66. The minimum absolute atomic E-state index is 0.168. The topological polar surface area (TPSA) is 49.5 Å². The lowest BCUT2D eigenvalue weighted by Crippen LogP contribution is -2.21. The minimum Gasteiger partial charge on any atom is -0.505 e. The van der Waals surface area contributed by atoms with Crippen LogP contribution in [0.3, 0.4) is 0 Å². The molecule has 5 heteroatoms. The van der Waals surface area contributed by atoms with Crippen molar-refractivity contribution in [3.63, 3.8) is 0 Å². The standard InChI is InChI=1S/C12H16F2N2O/c1-16-6-7(5-15)4-9(16)8-2-3-10(17)12(14)11(8)13/h2-3,7,9,17H,4-6,15H2,1H3. The molecule has 0 amide bonds. The van der Waals surface area contributed by atoms with E-state index in [0.29, 0.717) is 24.4 Å². The molecule has 2 atom stereocenters. The molecule has 1 aromatic carbocycles. The molecule has 3 N–H and O–H groups in total. The second-order valence-corrected chi connectivity index (χ2v) is 4.59. The molecule has 1 aromatic rings. The van der Waals surface area contributed by atoms with E-state index in [0.717, 1.165) is 6.54 Å². The summed E-state index contributed by atoms with van der Waals surface area (Å²) >= 11 is 0. The smallest absolute Gasteiger partial charge is 0.200 e. The SMILES string of the molecule is CN1CC(CN)CC1c1ccc(O)c(F)c1F. The van der Waals surface area contributed by atoms with Crippen LogP contribution in [0.15, 0.2) is 12.1 Å². The first-order valence-electron chi connectivity index (χ1n) is 5.61. The molecule has 0 aromatic heterocycles. The molecule has 1 aliphatic rings. The quantitative estimate of drug-likeness (QED) is 0.828. The Kier molecular flexibility index (Phi) is 3.31. The Hall–Kier alpha value is -1.20. The number of aromatic hydroxyl groups is 1. The average molecular weight is 242 g/mol. The molecule has 0 aliphatic carbocycles. The van der Waals surface area contributed by atoms with Crippen LogP contribution >= 0.6 is 0 Å². The van der Waals surface area contributed by atoms with E-state index in [4.69, 9.17) is 10.8 Å². The second-order valence-electron chi connectivity index (χ2n) is 4.59. The molecule has 0 bridgehead atoms. The van der Waals surface area contributed by atoms with Crippen molar-refractivity contribution < 1.29 is 13.9 Å². The van der Waals surface area contributed by atoms with Gasteiger partial charge < -0.3 is 10.8 Å². The number of hydrogen-bond acceptors (Lipinski definition) is 3. The fourth-order valence-electron chi connectivity index (χ4n) is 2.45. The molecule has 3 nitrogen and oxygen atoms in total. The molecule has 1 aliphatic heterocycles. The lowest BCUT2D eigenvalue weighted by Gasteiger charge is -2.20. The number of rotatable bonds is 2. The van der Waals surface area contributed by atoms with Gasteiger partial charge in [0, 0.05) is 18.2 Å². The minimum atomic E-state index is -1.17. The van der Waals surface area contributed by atoms with E-state index in [2.05, 4.69) is 0 Å². The third-order valence-corrected chi connectivity index (χ3v) is 3.42. The molecular formula is C12H16F2N2O. The van der Waals surface area contributed by atoms with Gasteiger partial charge in [0.05, 0.1) is 0 Å². The molecule has 17 heavy (non-hydrogen) atoms. The summed E-state index contributed by atoms with van der Waals surface area (Å²) in [7, 11) is 1.87. The third-order valence-electron chi connectivity index (χ3n) is 3.42. The van der Waals surface area contributed by atoms with Gasteiger partial charge in [0.25, 0.3) is 0 Å². The molecule has 1 saturated heterocycles. The van der Waals surface area contributed by atoms with Gasteiger partial charge in [0.15, 0.2) is 11.6 Å². The Morgan fingerprint density at radius 1 is 1.41 bits per heavy atom. The van der Waals surface area contributed by atoms with Crippen molar-refractivity contribution in [3.05, 3.63) is 29.3 Å². The number of nitrogens with zero attached hydrogens (tertiary/aromatic N) is 1. The van der Waals surface area contributed by atoms with Crippen molar-refractivity contribution in [1.82, 2.24) is 4.90 Å². The monoisotopic (exact) mass is 242 g/mol. The maximum absolute atomic E-state index is 13.7. The summed E-state index contributed by atoms with van der Waals surface area (Å²) in [5.74, 6) is -2.48. The summed E-state index contributed by atoms with van der Waals surface area (Å²) in [6, 6.07) is 2.46. The lowest BCUT2D eigenvalue weighted by molar-refractivity contribution is 0.301. The van der Waals surface area contributed by atoms with Gasteiger partial charge in [-0.1, -0.05) is 6.07 Å². The van der Waals surface area contributed by atoms with Gasteiger partial charge in [-0.2, -0.15) is 4.39 Å². The van der Waals surface area contributed by atoms with Crippen molar-refractivity contribution >= 4 is 0 Å². The molecule has 0 spiro atoms. The molecule has 2 unspecified atom stereocenters. The van der Waals surface area contributed by atoms with E-state index in [1.54, 1.807) is 0 Å². The van der Waals surface area contributed by atoms with Gasteiger partial charge in [0.2, 0.25) is 5.82 Å². The van der Waals surface area contributed by atoms with Gasteiger partial charge in [-0.05, 0) is 32.0 Å². The van der Waals surface area contributed by atoms with Crippen LogP contribution in [0.1, 0.15) is 18.0 Å². The highest BCUT2D eigenvalue weighted by molar-refractivity contribution is 5.32. The first-order chi connectivity index (χ1) is 8.04. The van der Waals surface area contributed by atoms with Gasteiger partial charge in [0.1, 0.15) is 0 Å². The van der Waals surface area contributed by atoms with Crippen molar-refractivity contribution in [3.8, 4) is 5.75 Å². The highest BCUT2D eigenvalue weighted by Gasteiger charge is 2.32. The highest BCUT2D eigenvalue weighted by Crippen LogP contribution is 2.36. The van der Waals surface area contributed by atoms with Crippen molar-refractivity contribution in [2.24, 2.45) is 11.7 Å². The molecular weight excluding hydrogens is 226 g/mol. The van der Waals surface area contributed by atoms with Crippen LogP contribution in [0.4, 0.5) is 8.78 Å². The van der Waals surface area contributed by atoms with E-state index in [1.165, 1.54) is 12.1 Å². The predicted octanol–water partition coefficient (Wildman–Crippen LogP) is 1.62. The number of nitrogens with two attached hydrogens (primary N) is 1. The number of hydrogen-bond donors (Lipinski definition) is 2. The summed E-state index contributed by atoms with van der Waals surface area (Å²) < 4.78 is 27.0. The van der Waals surface area contributed by atoms with Gasteiger partial charge in [-0.3, -0.25) is 4.90 Å². The van der Waals surface area contributed by atoms with Gasteiger partial charge >= 0.3 is 0 Å². The molecule has 1 heterocycles.